The average Bonchev–Trinajstić information content (AvgIpc) is 3.42. The molecule has 1 aliphatic heterocycles. The number of aryl methyl sites for hydroxylation is 1. The zero-order valence-electron chi connectivity index (χ0n) is 18.0. The molecule has 1 atom stereocenters. The number of hydrogen-bond acceptors (Lipinski definition) is 6. The molecule has 0 aliphatic carbocycles. The van der Waals surface area contributed by atoms with Crippen LogP contribution in [0.25, 0.3) is 16.1 Å². The van der Waals surface area contributed by atoms with Gasteiger partial charge in [0.15, 0.2) is 5.65 Å². The van der Waals surface area contributed by atoms with Gasteiger partial charge in [0, 0.05) is 25.2 Å². The largest absolute Gasteiger partial charge is 0.334 e. The third kappa shape index (κ3) is 4.10. The summed E-state index contributed by atoms with van der Waals surface area (Å²) in [5.74, 6) is -0.419. The Labute approximate surface area is 194 Å². The number of rotatable bonds is 4. The molecule has 1 aliphatic rings. The van der Waals surface area contributed by atoms with Crippen molar-refractivity contribution < 1.29 is 9.18 Å². The average molecular weight is 461 g/mol. The van der Waals surface area contributed by atoms with E-state index < -0.39 is 0 Å². The van der Waals surface area contributed by atoms with Gasteiger partial charge in [-0.05, 0) is 43.9 Å². The number of thiazole rings is 1. The summed E-state index contributed by atoms with van der Waals surface area (Å²) in [5.41, 5.74) is 3.02. The maximum atomic E-state index is 13.7. The maximum absolute atomic E-state index is 13.7. The van der Waals surface area contributed by atoms with E-state index in [0.717, 1.165) is 40.4 Å². The zero-order valence-corrected chi connectivity index (χ0v) is 18.8. The van der Waals surface area contributed by atoms with Crippen molar-refractivity contribution >= 4 is 22.9 Å². The van der Waals surface area contributed by atoms with Crippen molar-refractivity contribution in [2.75, 3.05) is 6.54 Å². The van der Waals surface area contributed by atoms with Crippen LogP contribution in [0.2, 0.25) is 0 Å². The lowest BCUT2D eigenvalue weighted by Gasteiger charge is -2.35. The van der Waals surface area contributed by atoms with Crippen molar-refractivity contribution in [3.63, 3.8) is 0 Å². The molecule has 1 aromatic carbocycles. The number of likely N-dealkylation sites (tertiary alicyclic amines) is 1. The van der Waals surface area contributed by atoms with Gasteiger partial charge in [0.1, 0.15) is 29.5 Å². The third-order valence-corrected chi connectivity index (χ3v) is 6.93. The number of benzene rings is 1. The number of hydrogen-bond donors (Lipinski definition) is 0. The first-order valence-corrected chi connectivity index (χ1v) is 11.6. The van der Waals surface area contributed by atoms with Crippen LogP contribution in [0.5, 0.6) is 0 Å². The fourth-order valence-electron chi connectivity index (χ4n) is 4.37. The van der Waals surface area contributed by atoms with E-state index in [9.17, 15) is 14.4 Å². The van der Waals surface area contributed by atoms with Crippen LogP contribution in [0.1, 0.15) is 46.0 Å². The maximum Gasteiger partial charge on any atom is 0.274 e. The summed E-state index contributed by atoms with van der Waals surface area (Å²) in [6.07, 6.45) is 8.44. The number of aromatic nitrogens is 4. The summed E-state index contributed by atoms with van der Waals surface area (Å²) < 4.78 is 15.2. The van der Waals surface area contributed by atoms with E-state index in [0.29, 0.717) is 29.9 Å². The summed E-state index contributed by atoms with van der Waals surface area (Å²) >= 11 is 1.44. The van der Waals surface area contributed by atoms with E-state index in [4.69, 9.17) is 0 Å². The summed E-state index contributed by atoms with van der Waals surface area (Å²) in [6.45, 7) is 2.53. The number of imidazole rings is 1. The van der Waals surface area contributed by atoms with Crippen LogP contribution in [0.15, 0.2) is 43.0 Å². The van der Waals surface area contributed by atoms with Gasteiger partial charge in [0.25, 0.3) is 5.91 Å². The minimum absolute atomic E-state index is 0.0160. The summed E-state index contributed by atoms with van der Waals surface area (Å²) in [6, 6.07) is 8.27. The predicted octanol–water partition coefficient (Wildman–Crippen LogP) is 4.41. The van der Waals surface area contributed by atoms with Crippen molar-refractivity contribution in [2.24, 2.45) is 0 Å². The Balaban J connectivity index is 1.44. The molecule has 9 heteroatoms. The lowest BCUT2D eigenvalue weighted by Crippen LogP contribution is -2.45. The number of nitrogens with zero attached hydrogens (tertiary/aromatic N) is 6. The van der Waals surface area contributed by atoms with Gasteiger partial charge in [-0.25, -0.2) is 19.3 Å². The number of fused-ring (bicyclic) bond motifs is 1. The standard InChI is InChI=1S/C24H21FN6OS/c1-15-28-21(22(33-15)16-5-7-18(25)8-6-16)24(32)31-9-3-2-4-20(31)10-19-13-30-14-27-12-17(11-26)23(30)29-19/h5-8,12-14,20H,2-4,9-10H2,1H3/t20-/m0/s1. The monoisotopic (exact) mass is 460 g/mol. The van der Waals surface area contributed by atoms with Crippen LogP contribution in [-0.2, 0) is 6.42 Å². The smallest absolute Gasteiger partial charge is 0.274 e. The number of carbonyl (C=O) groups is 1. The molecule has 7 nitrogen and oxygen atoms in total. The van der Waals surface area contributed by atoms with Crippen LogP contribution in [0, 0.1) is 24.1 Å². The molecule has 166 valence electrons. The molecule has 4 heterocycles. The highest BCUT2D eigenvalue weighted by atomic mass is 32.1. The molecule has 0 N–H and O–H groups in total. The van der Waals surface area contributed by atoms with Crippen molar-refractivity contribution in [3.05, 3.63) is 70.8 Å². The molecule has 1 fully saturated rings. The molecular weight excluding hydrogens is 439 g/mol. The third-order valence-electron chi connectivity index (χ3n) is 5.91. The first-order valence-electron chi connectivity index (χ1n) is 10.8. The molecule has 5 rings (SSSR count). The molecule has 0 saturated carbocycles. The lowest BCUT2D eigenvalue weighted by atomic mass is 9.97. The molecule has 0 bridgehead atoms. The Morgan fingerprint density at radius 3 is 2.88 bits per heavy atom. The number of carbonyl (C=O) groups excluding carboxylic acids is 1. The lowest BCUT2D eigenvalue weighted by molar-refractivity contribution is 0.0608. The van der Waals surface area contributed by atoms with Crippen molar-refractivity contribution in [1.29, 1.82) is 5.26 Å². The number of nitriles is 1. The minimum atomic E-state index is -0.314. The van der Waals surface area contributed by atoms with Crippen molar-refractivity contribution in [1.82, 2.24) is 24.3 Å². The Kier molecular flexibility index (Phi) is 5.60. The van der Waals surface area contributed by atoms with Crippen LogP contribution < -0.4 is 0 Å². The predicted molar refractivity (Wildman–Crippen MR) is 122 cm³/mol. The van der Waals surface area contributed by atoms with Gasteiger partial charge in [-0.15, -0.1) is 11.3 Å². The molecule has 0 spiro atoms. The van der Waals surface area contributed by atoms with Crippen LogP contribution in [0.3, 0.4) is 0 Å². The molecule has 0 radical (unpaired) electrons. The quantitative estimate of drug-likeness (QED) is 0.450. The van der Waals surface area contributed by atoms with Crippen LogP contribution >= 0.6 is 11.3 Å². The first-order chi connectivity index (χ1) is 16.0. The van der Waals surface area contributed by atoms with Crippen LogP contribution in [0.4, 0.5) is 4.39 Å². The summed E-state index contributed by atoms with van der Waals surface area (Å²) in [5, 5.41) is 10.1. The van der Waals surface area contributed by atoms with E-state index in [2.05, 4.69) is 21.0 Å². The molecule has 0 unspecified atom stereocenters. The Morgan fingerprint density at radius 2 is 2.09 bits per heavy atom. The minimum Gasteiger partial charge on any atom is -0.334 e. The van der Waals surface area contributed by atoms with Gasteiger partial charge in [-0.2, -0.15) is 5.26 Å². The number of halogens is 1. The second kappa shape index (κ2) is 8.71. The van der Waals surface area contributed by atoms with Crippen LogP contribution in [-0.4, -0.2) is 42.7 Å². The Hall–Kier alpha value is -3.64. The fraction of sp³-hybridized carbons (Fsp3) is 0.292. The molecule has 33 heavy (non-hydrogen) atoms. The fourth-order valence-corrected chi connectivity index (χ4v) is 5.29. The molecule has 3 aromatic heterocycles. The second-order valence-electron chi connectivity index (χ2n) is 8.15. The molecule has 1 saturated heterocycles. The first kappa shape index (κ1) is 21.2. The molecule has 1 amide bonds. The van der Waals surface area contributed by atoms with Gasteiger partial charge < -0.3 is 4.90 Å². The summed E-state index contributed by atoms with van der Waals surface area (Å²) in [4.78, 5) is 29.6. The van der Waals surface area contributed by atoms with E-state index in [-0.39, 0.29) is 17.8 Å². The van der Waals surface area contributed by atoms with Gasteiger partial charge in [-0.1, -0.05) is 12.1 Å². The Morgan fingerprint density at radius 1 is 1.27 bits per heavy atom. The van der Waals surface area contributed by atoms with Gasteiger partial charge in [-0.3, -0.25) is 9.20 Å². The summed E-state index contributed by atoms with van der Waals surface area (Å²) in [7, 11) is 0. The van der Waals surface area contributed by atoms with E-state index in [1.165, 1.54) is 29.7 Å². The highest BCUT2D eigenvalue weighted by Crippen LogP contribution is 2.33. The number of piperidine rings is 1. The van der Waals surface area contributed by atoms with Crippen molar-refractivity contribution in [2.45, 2.75) is 38.6 Å². The zero-order chi connectivity index (χ0) is 22.9. The molecule has 4 aromatic rings. The molecular formula is C24H21FN6OS. The highest BCUT2D eigenvalue weighted by Gasteiger charge is 2.31. The van der Waals surface area contributed by atoms with E-state index in [1.807, 2.05) is 18.0 Å². The topological polar surface area (TPSA) is 87.2 Å². The van der Waals surface area contributed by atoms with Gasteiger partial charge in [0.05, 0.1) is 21.8 Å². The van der Waals surface area contributed by atoms with Gasteiger partial charge >= 0.3 is 0 Å². The normalized spacial score (nSPS) is 16.2. The van der Waals surface area contributed by atoms with Gasteiger partial charge in [0.2, 0.25) is 0 Å². The SMILES string of the molecule is Cc1nc(C(=O)N2CCCC[C@H]2Cc2cn3cncc(C#N)c3n2)c(-c2ccc(F)cc2)s1. The highest BCUT2D eigenvalue weighted by molar-refractivity contribution is 7.15. The second-order valence-corrected chi connectivity index (χ2v) is 9.36. The van der Waals surface area contributed by atoms with E-state index >= 15 is 0 Å². The van der Waals surface area contributed by atoms with Crippen molar-refractivity contribution in [3.8, 4) is 16.5 Å². The van der Waals surface area contributed by atoms with E-state index in [1.54, 1.807) is 22.9 Å². The number of amides is 1. The Bertz CT molecular complexity index is 1370.